The molecule has 1 aliphatic rings. The standard InChI is InChI=1S/C22H30N4O/c1-5-17-10-6-7-12-26(17)20-14-23-19(13-24-20)22(27)25-21-16(4)9-8-11-18(21)15(2)3/h8-9,11,13-15,17H,5-7,10,12H2,1-4H3,(H,25,27). The molecule has 1 atom stereocenters. The number of hydrogen-bond acceptors (Lipinski definition) is 4. The lowest BCUT2D eigenvalue weighted by molar-refractivity contribution is 0.102. The number of hydrogen-bond donors (Lipinski definition) is 1. The highest BCUT2D eigenvalue weighted by atomic mass is 16.1. The number of amides is 1. The molecule has 1 saturated heterocycles. The summed E-state index contributed by atoms with van der Waals surface area (Å²) in [6.07, 6.45) is 8.10. The second-order valence-corrected chi connectivity index (χ2v) is 7.66. The quantitative estimate of drug-likeness (QED) is 0.815. The van der Waals surface area contributed by atoms with Crippen molar-refractivity contribution in [3.8, 4) is 0 Å². The second kappa shape index (κ2) is 8.51. The first-order valence-electron chi connectivity index (χ1n) is 10.0. The van der Waals surface area contributed by atoms with E-state index in [2.05, 4.69) is 47.0 Å². The molecule has 144 valence electrons. The molecule has 0 saturated carbocycles. The van der Waals surface area contributed by atoms with E-state index < -0.39 is 0 Å². The van der Waals surface area contributed by atoms with E-state index in [4.69, 9.17) is 0 Å². The molecule has 1 aliphatic heterocycles. The smallest absolute Gasteiger partial charge is 0.275 e. The fourth-order valence-corrected chi connectivity index (χ4v) is 3.83. The van der Waals surface area contributed by atoms with Gasteiger partial charge in [0.25, 0.3) is 5.91 Å². The lowest BCUT2D eigenvalue weighted by atomic mass is 9.98. The Hall–Kier alpha value is -2.43. The number of rotatable bonds is 5. The van der Waals surface area contributed by atoms with Crippen LogP contribution in [0.5, 0.6) is 0 Å². The van der Waals surface area contributed by atoms with E-state index in [0.717, 1.165) is 35.6 Å². The predicted octanol–water partition coefficient (Wildman–Crippen LogP) is 4.93. The van der Waals surface area contributed by atoms with Gasteiger partial charge >= 0.3 is 0 Å². The molecular weight excluding hydrogens is 336 g/mol. The number of benzene rings is 1. The Bertz CT molecular complexity index is 785. The van der Waals surface area contributed by atoms with Crippen molar-refractivity contribution in [3.05, 3.63) is 47.4 Å². The predicted molar refractivity (Wildman–Crippen MR) is 111 cm³/mol. The molecule has 5 heteroatoms. The number of nitrogens with zero attached hydrogens (tertiary/aromatic N) is 3. The summed E-state index contributed by atoms with van der Waals surface area (Å²) in [5.74, 6) is 0.992. The minimum absolute atomic E-state index is 0.212. The van der Waals surface area contributed by atoms with Crippen LogP contribution in [0.1, 0.15) is 74.0 Å². The highest BCUT2D eigenvalue weighted by Crippen LogP contribution is 2.28. The monoisotopic (exact) mass is 366 g/mol. The number of piperidine rings is 1. The number of aromatic nitrogens is 2. The van der Waals surface area contributed by atoms with Gasteiger partial charge in [-0.15, -0.1) is 0 Å². The van der Waals surface area contributed by atoms with Gasteiger partial charge in [0.2, 0.25) is 0 Å². The molecule has 0 bridgehead atoms. The number of para-hydroxylation sites is 1. The Morgan fingerprint density at radius 2 is 2.07 bits per heavy atom. The van der Waals surface area contributed by atoms with Crippen molar-refractivity contribution in [3.63, 3.8) is 0 Å². The largest absolute Gasteiger partial charge is 0.352 e. The summed E-state index contributed by atoms with van der Waals surface area (Å²) in [6.45, 7) is 9.49. The van der Waals surface area contributed by atoms with Crippen molar-refractivity contribution >= 4 is 17.4 Å². The van der Waals surface area contributed by atoms with Crippen LogP contribution in [0.3, 0.4) is 0 Å². The summed E-state index contributed by atoms with van der Waals surface area (Å²) < 4.78 is 0. The van der Waals surface area contributed by atoms with Gasteiger partial charge in [0.05, 0.1) is 12.4 Å². The topological polar surface area (TPSA) is 58.1 Å². The minimum Gasteiger partial charge on any atom is -0.352 e. The van der Waals surface area contributed by atoms with E-state index in [1.165, 1.54) is 19.3 Å². The Morgan fingerprint density at radius 1 is 1.26 bits per heavy atom. The summed E-state index contributed by atoms with van der Waals surface area (Å²) in [5, 5.41) is 3.04. The van der Waals surface area contributed by atoms with Crippen LogP contribution in [0.15, 0.2) is 30.6 Å². The summed E-state index contributed by atoms with van der Waals surface area (Å²) in [7, 11) is 0. The normalized spacial score (nSPS) is 17.2. The number of carbonyl (C=O) groups is 1. The number of nitrogens with one attached hydrogen (secondary N) is 1. The van der Waals surface area contributed by atoms with Crippen LogP contribution in [0, 0.1) is 6.92 Å². The van der Waals surface area contributed by atoms with Crippen molar-refractivity contribution in [1.82, 2.24) is 9.97 Å². The molecule has 2 heterocycles. The molecule has 27 heavy (non-hydrogen) atoms. The molecule has 0 aliphatic carbocycles. The van der Waals surface area contributed by atoms with Crippen LogP contribution in [-0.2, 0) is 0 Å². The lowest BCUT2D eigenvalue weighted by Gasteiger charge is -2.35. The molecule has 1 amide bonds. The molecule has 5 nitrogen and oxygen atoms in total. The van der Waals surface area contributed by atoms with Gasteiger partial charge in [0.1, 0.15) is 11.5 Å². The zero-order valence-electron chi connectivity index (χ0n) is 16.8. The first kappa shape index (κ1) is 19.3. The number of carbonyl (C=O) groups excluding carboxylic acids is 1. The van der Waals surface area contributed by atoms with Gasteiger partial charge in [-0.25, -0.2) is 9.97 Å². The van der Waals surface area contributed by atoms with Crippen LogP contribution in [-0.4, -0.2) is 28.5 Å². The van der Waals surface area contributed by atoms with Crippen molar-refractivity contribution in [2.45, 2.75) is 65.3 Å². The van der Waals surface area contributed by atoms with Gasteiger partial charge in [0, 0.05) is 18.3 Å². The Labute approximate surface area is 162 Å². The van der Waals surface area contributed by atoms with Crippen molar-refractivity contribution in [1.29, 1.82) is 0 Å². The molecular formula is C22H30N4O. The van der Waals surface area contributed by atoms with Crippen LogP contribution >= 0.6 is 0 Å². The SMILES string of the molecule is CCC1CCCCN1c1cnc(C(=O)Nc2c(C)cccc2C(C)C)cn1. The van der Waals surface area contributed by atoms with Crippen molar-refractivity contribution < 1.29 is 4.79 Å². The third-order valence-electron chi connectivity index (χ3n) is 5.43. The molecule has 1 N–H and O–H groups in total. The number of anilines is 2. The van der Waals surface area contributed by atoms with Crippen LogP contribution < -0.4 is 10.2 Å². The number of aryl methyl sites for hydroxylation is 1. The molecule has 3 rings (SSSR count). The second-order valence-electron chi connectivity index (χ2n) is 7.66. The highest BCUT2D eigenvalue weighted by Gasteiger charge is 2.22. The summed E-state index contributed by atoms with van der Waals surface area (Å²) in [6, 6.07) is 6.62. The third kappa shape index (κ3) is 4.29. The van der Waals surface area contributed by atoms with E-state index in [1.54, 1.807) is 12.4 Å². The van der Waals surface area contributed by atoms with Gasteiger partial charge in [-0.1, -0.05) is 39.0 Å². The molecule has 0 spiro atoms. The maximum absolute atomic E-state index is 12.7. The van der Waals surface area contributed by atoms with Crippen molar-refractivity contribution in [2.24, 2.45) is 0 Å². The first-order chi connectivity index (χ1) is 13.0. The van der Waals surface area contributed by atoms with E-state index in [-0.39, 0.29) is 5.91 Å². The summed E-state index contributed by atoms with van der Waals surface area (Å²) in [5.41, 5.74) is 3.41. The lowest BCUT2D eigenvalue weighted by Crippen LogP contribution is -2.39. The molecule has 0 radical (unpaired) electrons. The molecule has 1 aromatic carbocycles. The average Bonchev–Trinajstić information content (AvgIpc) is 2.69. The van der Waals surface area contributed by atoms with E-state index in [0.29, 0.717) is 17.7 Å². The van der Waals surface area contributed by atoms with Crippen LogP contribution in [0.4, 0.5) is 11.5 Å². The molecule has 1 unspecified atom stereocenters. The molecule has 1 fully saturated rings. The van der Waals surface area contributed by atoms with E-state index in [9.17, 15) is 4.79 Å². The van der Waals surface area contributed by atoms with E-state index in [1.807, 2.05) is 19.1 Å². The maximum Gasteiger partial charge on any atom is 0.275 e. The summed E-state index contributed by atoms with van der Waals surface area (Å²) >= 11 is 0. The zero-order valence-corrected chi connectivity index (χ0v) is 16.8. The van der Waals surface area contributed by atoms with Gasteiger partial charge < -0.3 is 10.2 Å². The van der Waals surface area contributed by atoms with Gasteiger partial charge in [0.15, 0.2) is 0 Å². The zero-order chi connectivity index (χ0) is 19.4. The Kier molecular flexibility index (Phi) is 6.09. The van der Waals surface area contributed by atoms with Crippen LogP contribution in [0.25, 0.3) is 0 Å². The third-order valence-corrected chi connectivity index (χ3v) is 5.43. The van der Waals surface area contributed by atoms with Gasteiger partial charge in [-0.3, -0.25) is 4.79 Å². The van der Waals surface area contributed by atoms with Crippen molar-refractivity contribution in [2.75, 3.05) is 16.8 Å². The average molecular weight is 367 g/mol. The van der Waals surface area contributed by atoms with Crippen LogP contribution in [0.2, 0.25) is 0 Å². The van der Waals surface area contributed by atoms with Gasteiger partial charge in [-0.2, -0.15) is 0 Å². The van der Waals surface area contributed by atoms with Gasteiger partial charge in [-0.05, 0) is 49.7 Å². The fourth-order valence-electron chi connectivity index (χ4n) is 3.83. The fraction of sp³-hybridized carbons (Fsp3) is 0.500. The summed E-state index contributed by atoms with van der Waals surface area (Å²) in [4.78, 5) is 24.0. The Morgan fingerprint density at radius 3 is 2.74 bits per heavy atom. The first-order valence-corrected chi connectivity index (χ1v) is 10.0. The highest BCUT2D eigenvalue weighted by molar-refractivity contribution is 6.03. The minimum atomic E-state index is -0.212. The Balaban J connectivity index is 1.77. The molecule has 2 aromatic rings. The van der Waals surface area contributed by atoms with E-state index >= 15 is 0 Å². The molecule has 1 aromatic heterocycles. The maximum atomic E-state index is 12.7.